The summed E-state index contributed by atoms with van der Waals surface area (Å²) in [6.07, 6.45) is -0.422. The monoisotopic (exact) mass is 243 g/mol. The van der Waals surface area contributed by atoms with E-state index in [1.165, 1.54) is 6.92 Å². The first kappa shape index (κ1) is 12.9. The lowest BCUT2D eigenvalue weighted by Crippen LogP contribution is -2.32. The maximum Gasteiger partial charge on any atom is 0.320 e. The van der Waals surface area contributed by atoms with E-state index in [4.69, 9.17) is 10.8 Å². The number of phenolic OH excluding ortho intramolecular Hbond substituents is 4. The number of hydrogen-bond donors (Lipinski definition) is 6. The maximum absolute atomic E-state index is 10.5. The summed E-state index contributed by atoms with van der Waals surface area (Å²) < 4.78 is 0. The molecule has 1 atom stereocenters. The predicted octanol–water partition coefficient (Wildman–Crippen LogP) is -0.228. The Hall–Kier alpha value is -2.15. The van der Waals surface area contributed by atoms with Gasteiger partial charge in [0, 0.05) is 17.5 Å². The second kappa shape index (κ2) is 4.38. The van der Waals surface area contributed by atoms with Gasteiger partial charge in [0.05, 0.1) is 0 Å². The molecule has 7 N–H and O–H groups in total. The molecule has 0 aromatic heterocycles. The third kappa shape index (κ3) is 2.18. The van der Waals surface area contributed by atoms with Crippen LogP contribution in [-0.4, -0.2) is 37.5 Å². The number of carboxylic acid groups (broad SMARTS) is 1. The van der Waals surface area contributed by atoms with E-state index >= 15 is 0 Å². The topological polar surface area (TPSA) is 144 Å². The molecule has 0 fully saturated rings. The molecule has 0 aliphatic rings. The molecule has 1 aromatic rings. The van der Waals surface area contributed by atoms with Crippen LogP contribution in [0.4, 0.5) is 0 Å². The minimum absolute atomic E-state index is 0.104. The van der Waals surface area contributed by atoms with Gasteiger partial charge in [0.25, 0.3) is 0 Å². The third-order valence-electron chi connectivity index (χ3n) is 2.47. The maximum atomic E-state index is 10.5. The zero-order valence-electron chi connectivity index (χ0n) is 9.01. The summed E-state index contributed by atoms with van der Waals surface area (Å²) in [5.41, 5.74) is 4.83. The van der Waals surface area contributed by atoms with E-state index in [1.807, 2.05) is 0 Å². The van der Waals surface area contributed by atoms with Gasteiger partial charge in [-0.3, -0.25) is 4.79 Å². The Kier molecular flexibility index (Phi) is 3.33. The quantitative estimate of drug-likeness (QED) is 0.318. The van der Waals surface area contributed by atoms with E-state index in [1.54, 1.807) is 0 Å². The fourth-order valence-corrected chi connectivity index (χ4v) is 1.37. The number of aromatic hydroxyl groups is 4. The first-order chi connectivity index (χ1) is 7.77. The molecule has 0 amide bonds. The standard InChI is InChI=1S/C10H13NO6/c1-3-6(12)8(14)4(9(15)7(3)13)2-5(11)10(16)17/h5,12-15H,2,11H2,1H3,(H,16,17). The molecule has 0 bridgehead atoms. The van der Waals surface area contributed by atoms with Gasteiger partial charge >= 0.3 is 5.97 Å². The molecule has 0 saturated carbocycles. The molecular weight excluding hydrogens is 230 g/mol. The van der Waals surface area contributed by atoms with Gasteiger partial charge in [-0.15, -0.1) is 0 Å². The SMILES string of the molecule is Cc1c(O)c(O)c(CC(N)C(=O)O)c(O)c1O. The molecular formula is C10H13NO6. The molecule has 17 heavy (non-hydrogen) atoms. The Labute approximate surface area is 96.4 Å². The van der Waals surface area contributed by atoms with Crippen molar-refractivity contribution in [3.05, 3.63) is 11.1 Å². The van der Waals surface area contributed by atoms with Crippen LogP contribution in [0.1, 0.15) is 11.1 Å². The number of rotatable bonds is 3. The molecule has 7 heteroatoms. The summed E-state index contributed by atoms with van der Waals surface area (Å²) in [5.74, 6) is -3.94. The molecule has 0 heterocycles. The van der Waals surface area contributed by atoms with Gasteiger partial charge in [0.1, 0.15) is 6.04 Å². The van der Waals surface area contributed by atoms with Crippen LogP contribution in [-0.2, 0) is 11.2 Å². The molecule has 0 saturated heterocycles. The number of carboxylic acids is 1. The summed E-state index contributed by atoms with van der Waals surface area (Å²) in [5, 5.41) is 46.6. The van der Waals surface area contributed by atoms with Crippen molar-refractivity contribution >= 4 is 5.97 Å². The van der Waals surface area contributed by atoms with E-state index in [2.05, 4.69) is 0 Å². The van der Waals surface area contributed by atoms with Crippen molar-refractivity contribution in [1.29, 1.82) is 0 Å². The van der Waals surface area contributed by atoms with Crippen LogP contribution in [0.3, 0.4) is 0 Å². The van der Waals surface area contributed by atoms with Crippen molar-refractivity contribution in [2.75, 3.05) is 0 Å². The van der Waals surface area contributed by atoms with Crippen LogP contribution >= 0.6 is 0 Å². The number of hydrogen-bond acceptors (Lipinski definition) is 6. The fraction of sp³-hybridized carbons (Fsp3) is 0.300. The van der Waals surface area contributed by atoms with Gasteiger partial charge in [-0.2, -0.15) is 0 Å². The first-order valence-electron chi connectivity index (χ1n) is 4.71. The Bertz CT molecular complexity index is 441. The molecule has 1 unspecified atom stereocenters. The molecule has 1 rings (SSSR count). The summed E-state index contributed by atoms with van der Waals surface area (Å²) in [6, 6.07) is -1.37. The van der Waals surface area contributed by atoms with Crippen LogP contribution < -0.4 is 5.73 Å². The molecule has 94 valence electrons. The van der Waals surface area contributed by atoms with Crippen LogP contribution in [0.2, 0.25) is 0 Å². The number of benzene rings is 1. The highest BCUT2D eigenvalue weighted by atomic mass is 16.4. The van der Waals surface area contributed by atoms with E-state index in [0.717, 1.165) is 0 Å². The van der Waals surface area contributed by atoms with Gasteiger partial charge < -0.3 is 31.3 Å². The zero-order chi connectivity index (χ0) is 13.3. The molecule has 0 radical (unpaired) electrons. The average molecular weight is 243 g/mol. The number of phenols is 4. The van der Waals surface area contributed by atoms with Crippen LogP contribution in [0.25, 0.3) is 0 Å². The molecule has 0 aliphatic carbocycles. The van der Waals surface area contributed by atoms with Gasteiger partial charge in [0.2, 0.25) is 0 Å². The number of nitrogens with two attached hydrogens (primary N) is 1. The first-order valence-corrected chi connectivity index (χ1v) is 4.71. The lowest BCUT2D eigenvalue weighted by molar-refractivity contribution is -0.138. The summed E-state index contributed by atoms with van der Waals surface area (Å²) in [4.78, 5) is 10.5. The van der Waals surface area contributed by atoms with Crippen molar-refractivity contribution in [3.63, 3.8) is 0 Å². The van der Waals surface area contributed by atoms with Gasteiger partial charge in [-0.25, -0.2) is 0 Å². The molecule has 7 nitrogen and oxygen atoms in total. The van der Waals surface area contributed by atoms with E-state index in [-0.39, 0.29) is 11.1 Å². The largest absolute Gasteiger partial charge is 0.504 e. The van der Waals surface area contributed by atoms with Gasteiger partial charge in [-0.1, -0.05) is 0 Å². The third-order valence-corrected chi connectivity index (χ3v) is 2.47. The summed E-state index contributed by atoms with van der Waals surface area (Å²) in [7, 11) is 0. The van der Waals surface area contributed by atoms with Crippen LogP contribution in [0.5, 0.6) is 23.0 Å². The van der Waals surface area contributed by atoms with Crippen molar-refractivity contribution in [3.8, 4) is 23.0 Å². The Morgan fingerprint density at radius 2 is 1.53 bits per heavy atom. The Morgan fingerprint density at radius 1 is 1.12 bits per heavy atom. The average Bonchev–Trinajstić information content (AvgIpc) is 2.29. The van der Waals surface area contributed by atoms with Gasteiger partial charge in [-0.05, 0) is 6.92 Å². The lowest BCUT2D eigenvalue weighted by atomic mass is 10.0. The smallest absolute Gasteiger partial charge is 0.320 e. The molecule has 1 aromatic carbocycles. The highest BCUT2D eigenvalue weighted by Gasteiger charge is 2.24. The van der Waals surface area contributed by atoms with Crippen molar-refractivity contribution in [2.24, 2.45) is 5.73 Å². The predicted molar refractivity (Wildman–Crippen MR) is 57.2 cm³/mol. The normalized spacial score (nSPS) is 12.4. The highest BCUT2D eigenvalue weighted by molar-refractivity contribution is 5.75. The van der Waals surface area contributed by atoms with Crippen LogP contribution in [0, 0.1) is 6.92 Å². The highest BCUT2D eigenvalue weighted by Crippen LogP contribution is 2.46. The lowest BCUT2D eigenvalue weighted by Gasteiger charge is -2.14. The Balaban J connectivity index is 3.30. The van der Waals surface area contributed by atoms with Gasteiger partial charge in [0.15, 0.2) is 23.0 Å². The van der Waals surface area contributed by atoms with E-state index < -0.39 is 41.4 Å². The van der Waals surface area contributed by atoms with E-state index in [0.29, 0.717) is 0 Å². The van der Waals surface area contributed by atoms with Crippen molar-refractivity contribution in [1.82, 2.24) is 0 Å². The van der Waals surface area contributed by atoms with Crippen molar-refractivity contribution in [2.45, 2.75) is 19.4 Å². The molecule has 0 aliphatic heterocycles. The second-order valence-electron chi connectivity index (χ2n) is 3.65. The summed E-state index contributed by atoms with van der Waals surface area (Å²) >= 11 is 0. The van der Waals surface area contributed by atoms with Crippen LogP contribution in [0.15, 0.2) is 0 Å². The second-order valence-corrected chi connectivity index (χ2v) is 3.65. The van der Waals surface area contributed by atoms with Crippen molar-refractivity contribution < 1.29 is 30.3 Å². The molecule has 0 spiro atoms. The Morgan fingerprint density at radius 3 is 1.88 bits per heavy atom. The zero-order valence-corrected chi connectivity index (χ0v) is 9.01. The minimum atomic E-state index is -1.37. The number of aliphatic carboxylic acids is 1. The van der Waals surface area contributed by atoms with E-state index in [9.17, 15) is 25.2 Å². The number of carbonyl (C=O) groups is 1. The summed E-state index contributed by atoms with van der Waals surface area (Å²) in [6.45, 7) is 1.28. The minimum Gasteiger partial charge on any atom is -0.504 e. The fourth-order valence-electron chi connectivity index (χ4n) is 1.37.